The minimum atomic E-state index is -0.219. The summed E-state index contributed by atoms with van der Waals surface area (Å²) in [7, 11) is 0. The molecule has 0 aliphatic carbocycles. The zero-order valence-electron chi connectivity index (χ0n) is 11.8. The van der Waals surface area contributed by atoms with Gasteiger partial charge in [0.2, 0.25) is 5.91 Å². The largest absolute Gasteiger partial charge is 0.352 e. The minimum Gasteiger partial charge on any atom is -0.352 e. The van der Waals surface area contributed by atoms with Crippen molar-refractivity contribution >= 4 is 11.8 Å². The number of carbonyl (C=O) groups excluding carboxylic acids is 2. The summed E-state index contributed by atoms with van der Waals surface area (Å²) in [5.74, 6) is -0.363. The van der Waals surface area contributed by atoms with Crippen molar-refractivity contribution in [2.24, 2.45) is 0 Å². The van der Waals surface area contributed by atoms with Crippen LogP contribution in [-0.2, 0) is 4.79 Å². The predicted octanol–water partition coefficient (Wildman–Crippen LogP) is 2.03. The number of rotatable bonds is 6. The second-order valence-electron chi connectivity index (χ2n) is 4.63. The van der Waals surface area contributed by atoms with E-state index in [1.807, 2.05) is 32.9 Å². The van der Waals surface area contributed by atoms with E-state index in [-0.39, 0.29) is 24.4 Å². The molecular weight excluding hydrogens is 240 g/mol. The van der Waals surface area contributed by atoms with Gasteiger partial charge in [0.05, 0.1) is 6.54 Å². The summed E-state index contributed by atoms with van der Waals surface area (Å²) in [5.41, 5.74) is 1.60. The molecule has 0 unspecified atom stereocenters. The summed E-state index contributed by atoms with van der Waals surface area (Å²) >= 11 is 0. The molecular formula is C15H22N2O2. The molecule has 1 aromatic carbocycles. The van der Waals surface area contributed by atoms with Crippen molar-refractivity contribution in [3.63, 3.8) is 0 Å². The van der Waals surface area contributed by atoms with Crippen LogP contribution in [0.3, 0.4) is 0 Å². The second kappa shape index (κ2) is 7.56. The van der Waals surface area contributed by atoms with E-state index >= 15 is 0 Å². The molecule has 0 radical (unpaired) electrons. The van der Waals surface area contributed by atoms with Gasteiger partial charge < -0.3 is 10.6 Å². The molecule has 0 saturated heterocycles. The van der Waals surface area contributed by atoms with Gasteiger partial charge in [0.25, 0.3) is 5.91 Å². The molecule has 4 nitrogen and oxygen atoms in total. The average molecular weight is 262 g/mol. The maximum Gasteiger partial charge on any atom is 0.251 e. The Bertz CT molecular complexity index is 440. The molecule has 0 heterocycles. The first-order valence-electron chi connectivity index (χ1n) is 6.71. The summed E-state index contributed by atoms with van der Waals surface area (Å²) in [6.07, 6.45) is 1.79. The highest BCUT2D eigenvalue weighted by molar-refractivity contribution is 5.96. The Morgan fingerprint density at radius 3 is 2.47 bits per heavy atom. The third-order valence-electron chi connectivity index (χ3n) is 3.04. The lowest BCUT2D eigenvalue weighted by molar-refractivity contribution is -0.120. The van der Waals surface area contributed by atoms with Crippen molar-refractivity contribution in [1.82, 2.24) is 10.6 Å². The molecule has 1 rings (SSSR count). The molecule has 2 amide bonds. The molecule has 0 aromatic heterocycles. The van der Waals surface area contributed by atoms with E-state index in [1.165, 1.54) is 0 Å². The standard InChI is InChI=1S/C15H22N2O2/c1-4-13(5-2)17-14(18)10-16-15(19)12-8-6-7-11(3)9-12/h6-9,13H,4-5,10H2,1-3H3,(H,16,19)(H,17,18). The molecule has 2 N–H and O–H groups in total. The fourth-order valence-corrected chi connectivity index (χ4v) is 1.82. The highest BCUT2D eigenvalue weighted by Crippen LogP contribution is 2.03. The van der Waals surface area contributed by atoms with Gasteiger partial charge in [-0.25, -0.2) is 0 Å². The van der Waals surface area contributed by atoms with E-state index in [1.54, 1.807) is 12.1 Å². The molecule has 0 atom stereocenters. The summed E-state index contributed by atoms with van der Waals surface area (Å²) in [5, 5.41) is 5.51. The van der Waals surface area contributed by atoms with Gasteiger partial charge in [-0.2, -0.15) is 0 Å². The van der Waals surface area contributed by atoms with E-state index in [0.29, 0.717) is 5.56 Å². The fraction of sp³-hybridized carbons (Fsp3) is 0.467. The Morgan fingerprint density at radius 1 is 1.21 bits per heavy atom. The second-order valence-corrected chi connectivity index (χ2v) is 4.63. The highest BCUT2D eigenvalue weighted by atomic mass is 16.2. The van der Waals surface area contributed by atoms with Crippen LogP contribution in [0, 0.1) is 6.92 Å². The molecule has 0 saturated carbocycles. The quantitative estimate of drug-likeness (QED) is 0.824. The predicted molar refractivity (Wildman–Crippen MR) is 76.0 cm³/mol. The number of hydrogen-bond donors (Lipinski definition) is 2. The fourth-order valence-electron chi connectivity index (χ4n) is 1.82. The summed E-state index contributed by atoms with van der Waals surface area (Å²) < 4.78 is 0. The topological polar surface area (TPSA) is 58.2 Å². The van der Waals surface area contributed by atoms with Gasteiger partial charge in [-0.3, -0.25) is 9.59 Å². The third kappa shape index (κ3) is 5.12. The number of amides is 2. The van der Waals surface area contributed by atoms with Crippen LogP contribution in [0.4, 0.5) is 0 Å². The van der Waals surface area contributed by atoms with E-state index in [9.17, 15) is 9.59 Å². The molecule has 0 fully saturated rings. The van der Waals surface area contributed by atoms with E-state index in [2.05, 4.69) is 10.6 Å². The SMILES string of the molecule is CCC(CC)NC(=O)CNC(=O)c1cccc(C)c1. The van der Waals surface area contributed by atoms with Crippen molar-refractivity contribution < 1.29 is 9.59 Å². The normalized spacial score (nSPS) is 10.3. The molecule has 4 heteroatoms. The Labute approximate surface area is 114 Å². The Hall–Kier alpha value is -1.84. The molecule has 0 aliphatic rings. The number of benzene rings is 1. The van der Waals surface area contributed by atoms with Gasteiger partial charge in [0, 0.05) is 11.6 Å². The van der Waals surface area contributed by atoms with Crippen molar-refractivity contribution in [3.05, 3.63) is 35.4 Å². The molecule has 0 bridgehead atoms. The number of carbonyl (C=O) groups is 2. The van der Waals surface area contributed by atoms with E-state index in [0.717, 1.165) is 18.4 Å². The average Bonchev–Trinajstić information content (AvgIpc) is 2.42. The van der Waals surface area contributed by atoms with Gasteiger partial charge in [-0.15, -0.1) is 0 Å². The van der Waals surface area contributed by atoms with Crippen molar-refractivity contribution in [2.45, 2.75) is 39.7 Å². The summed E-state index contributed by atoms with van der Waals surface area (Å²) in [6.45, 7) is 6.00. The lowest BCUT2D eigenvalue weighted by atomic mass is 10.1. The monoisotopic (exact) mass is 262 g/mol. The van der Waals surface area contributed by atoms with E-state index < -0.39 is 0 Å². The first-order chi connectivity index (χ1) is 9.06. The van der Waals surface area contributed by atoms with Crippen LogP contribution < -0.4 is 10.6 Å². The maximum atomic E-state index is 11.8. The maximum absolute atomic E-state index is 11.8. The third-order valence-corrected chi connectivity index (χ3v) is 3.04. The van der Waals surface area contributed by atoms with Crippen LogP contribution in [0.5, 0.6) is 0 Å². The molecule has 1 aromatic rings. The van der Waals surface area contributed by atoms with Crippen LogP contribution in [0.25, 0.3) is 0 Å². The first-order valence-corrected chi connectivity index (χ1v) is 6.71. The number of nitrogens with one attached hydrogen (secondary N) is 2. The Kier molecular flexibility index (Phi) is 6.06. The lowest BCUT2D eigenvalue weighted by Crippen LogP contribution is -2.41. The molecule has 0 aliphatic heterocycles. The van der Waals surface area contributed by atoms with Gasteiger partial charge in [0.15, 0.2) is 0 Å². The summed E-state index contributed by atoms with van der Waals surface area (Å²) in [6, 6.07) is 7.48. The minimum absolute atomic E-state index is 0.0171. The molecule has 19 heavy (non-hydrogen) atoms. The molecule has 104 valence electrons. The Morgan fingerprint density at radius 2 is 1.89 bits per heavy atom. The van der Waals surface area contributed by atoms with Crippen LogP contribution in [0.1, 0.15) is 42.6 Å². The molecule has 0 spiro atoms. The zero-order valence-corrected chi connectivity index (χ0v) is 11.8. The smallest absolute Gasteiger partial charge is 0.251 e. The van der Waals surface area contributed by atoms with Crippen molar-refractivity contribution in [3.8, 4) is 0 Å². The van der Waals surface area contributed by atoms with Gasteiger partial charge in [-0.05, 0) is 31.9 Å². The van der Waals surface area contributed by atoms with Gasteiger partial charge in [-0.1, -0.05) is 31.5 Å². The van der Waals surface area contributed by atoms with Crippen molar-refractivity contribution in [2.75, 3.05) is 6.54 Å². The number of hydrogen-bond acceptors (Lipinski definition) is 2. The van der Waals surface area contributed by atoms with Crippen LogP contribution in [0.2, 0.25) is 0 Å². The zero-order chi connectivity index (χ0) is 14.3. The lowest BCUT2D eigenvalue weighted by Gasteiger charge is -2.14. The van der Waals surface area contributed by atoms with Crippen molar-refractivity contribution in [1.29, 1.82) is 0 Å². The van der Waals surface area contributed by atoms with Crippen LogP contribution in [-0.4, -0.2) is 24.4 Å². The Balaban J connectivity index is 2.44. The van der Waals surface area contributed by atoms with Crippen LogP contribution in [0.15, 0.2) is 24.3 Å². The highest BCUT2D eigenvalue weighted by Gasteiger charge is 2.10. The first kappa shape index (κ1) is 15.2. The van der Waals surface area contributed by atoms with Gasteiger partial charge in [0.1, 0.15) is 0 Å². The number of aryl methyl sites for hydroxylation is 1. The van der Waals surface area contributed by atoms with Gasteiger partial charge >= 0.3 is 0 Å². The van der Waals surface area contributed by atoms with E-state index in [4.69, 9.17) is 0 Å². The summed E-state index contributed by atoms with van der Waals surface area (Å²) in [4.78, 5) is 23.5. The van der Waals surface area contributed by atoms with Crippen LogP contribution >= 0.6 is 0 Å².